The summed E-state index contributed by atoms with van der Waals surface area (Å²) < 4.78 is 16.8. The molecule has 3 atom stereocenters. The van der Waals surface area contributed by atoms with Crippen LogP contribution in [0.3, 0.4) is 0 Å². The maximum Gasteiger partial charge on any atom is 0.323 e. The molecule has 0 unspecified atom stereocenters. The van der Waals surface area contributed by atoms with E-state index in [4.69, 9.17) is 14.2 Å². The van der Waals surface area contributed by atoms with Gasteiger partial charge in [0, 0.05) is 51.6 Å². The lowest BCUT2D eigenvalue weighted by Gasteiger charge is -2.36. The monoisotopic (exact) mass is 512 g/mol. The normalized spacial score (nSPS) is 20.7. The third-order valence-electron chi connectivity index (χ3n) is 6.32. The minimum Gasteiger partial charge on any atom is -0.491 e. The second kappa shape index (κ2) is 13.1. The highest BCUT2D eigenvalue weighted by Crippen LogP contribution is 2.26. The standard InChI is InChI=1S/C27H36N4O6/c1-18-14-31(25(32)17-35-4)19(2)16-37-23-12-11-21(29-27(34)28-20-9-7-6-8-10-20)13-22(23)26(33)30(3)15-24(18)36-5/h6-13,18-19,24H,14-17H2,1-5H3,(H2,28,29,34)/t18-,19-,24-/m0/s1. The molecule has 0 bridgehead atoms. The number of amides is 4. The largest absolute Gasteiger partial charge is 0.491 e. The first-order valence-electron chi connectivity index (χ1n) is 12.2. The molecule has 0 fully saturated rings. The van der Waals surface area contributed by atoms with Crippen LogP contribution in [0.4, 0.5) is 16.2 Å². The van der Waals surface area contributed by atoms with Crippen LogP contribution in [0.15, 0.2) is 48.5 Å². The fraction of sp³-hybridized carbons (Fsp3) is 0.444. The topological polar surface area (TPSA) is 109 Å². The zero-order valence-corrected chi connectivity index (χ0v) is 22.0. The summed E-state index contributed by atoms with van der Waals surface area (Å²) >= 11 is 0. The number of hydrogen-bond acceptors (Lipinski definition) is 6. The second-order valence-corrected chi connectivity index (χ2v) is 9.23. The molecule has 0 spiro atoms. The van der Waals surface area contributed by atoms with Gasteiger partial charge in [-0.05, 0) is 37.3 Å². The van der Waals surface area contributed by atoms with Crippen LogP contribution in [0, 0.1) is 5.92 Å². The van der Waals surface area contributed by atoms with E-state index in [9.17, 15) is 14.4 Å². The van der Waals surface area contributed by atoms with Crippen LogP contribution >= 0.6 is 0 Å². The van der Waals surface area contributed by atoms with E-state index in [0.717, 1.165) is 0 Å². The zero-order valence-electron chi connectivity index (χ0n) is 22.0. The van der Waals surface area contributed by atoms with Gasteiger partial charge in [-0.25, -0.2) is 4.79 Å². The predicted molar refractivity (Wildman–Crippen MR) is 141 cm³/mol. The van der Waals surface area contributed by atoms with Crippen LogP contribution in [-0.2, 0) is 14.3 Å². The van der Waals surface area contributed by atoms with Gasteiger partial charge < -0.3 is 34.6 Å². The summed E-state index contributed by atoms with van der Waals surface area (Å²) in [5, 5.41) is 5.52. The molecule has 4 amide bonds. The minimum absolute atomic E-state index is 0.0379. The first kappa shape index (κ1) is 27.9. The maximum absolute atomic E-state index is 13.5. The number of para-hydroxylation sites is 1. The minimum atomic E-state index is -0.435. The van der Waals surface area contributed by atoms with Crippen molar-refractivity contribution in [3.8, 4) is 5.75 Å². The van der Waals surface area contributed by atoms with Crippen LogP contribution < -0.4 is 15.4 Å². The Hall–Kier alpha value is -3.63. The number of ether oxygens (including phenoxy) is 3. The van der Waals surface area contributed by atoms with Crippen molar-refractivity contribution in [2.24, 2.45) is 5.92 Å². The third-order valence-corrected chi connectivity index (χ3v) is 6.32. The predicted octanol–water partition coefficient (Wildman–Crippen LogP) is 3.31. The Kier molecular flexibility index (Phi) is 9.87. The van der Waals surface area contributed by atoms with Crippen LogP contribution in [0.25, 0.3) is 0 Å². The Morgan fingerprint density at radius 3 is 2.41 bits per heavy atom. The van der Waals surface area contributed by atoms with Crippen LogP contribution in [0.1, 0.15) is 24.2 Å². The molecule has 0 radical (unpaired) electrons. The van der Waals surface area contributed by atoms with Gasteiger partial charge in [-0.3, -0.25) is 9.59 Å². The van der Waals surface area contributed by atoms with E-state index >= 15 is 0 Å². The molecule has 2 aromatic rings. The molecular weight excluding hydrogens is 476 g/mol. The number of carbonyl (C=O) groups excluding carboxylic acids is 3. The highest BCUT2D eigenvalue weighted by molar-refractivity contribution is 6.02. The molecule has 2 N–H and O–H groups in total. The smallest absolute Gasteiger partial charge is 0.323 e. The Labute approximate surface area is 217 Å². The van der Waals surface area contributed by atoms with Crippen molar-refractivity contribution in [1.29, 1.82) is 0 Å². The number of carbonyl (C=O) groups is 3. The van der Waals surface area contributed by atoms with Gasteiger partial charge in [0.05, 0.1) is 17.7 Å². The summed E-state index contributed by atoms with van der Waals surface area (Å²) in [6, 6.07) is 13.2. The number of urea groups is 1. The molecular formula is C27H36N4O6. The lowest BCUT2D eigenvalue weighted by Crippen LogP contribution is -2.49. The molecule has 0 saturated carbocycles. The van der Waals surface area contributed by atoms with Crippen LogP contribution in [-0.4, -0.2) is 87.4 Å². The van der Waals surface area contributed by atoms with Crippen LogP contribution in [0.2, 0.25) is 0 Å². The van der Waals surface area contributed by atoms with Crippen molar-refractivity contribution in [2.45, 2.75) is 26.0 Å². The number of methoxy groups -OCH3 is 2. The van der Waals surface area contributed by atoms with Gasteiger partial charge in [-0.15, -0.1) is 0 Å². The summed E-state index contributed by atoms with van der Waals surface area (Å²) in [6.45, 7) is 4.75. The highest BCUT2D eigenvalue weighted by atomic mass is 16.5. The van der Waals surface area contributed by atoms with Crippen molar-refractivity contribution in [1.82, 2.24) is 9.80 Å². The summed E-state index contributed by atoms with van der Waals surface area (Å²) in [7, 11) is 4.77. The fourth-order valence-electron chi connectivity index (χ4n) is 4.22. The highest BCUT2D eigenvalue weighted by Gasteiger charge is 2.30. The third kappa shape index (κ3) is 7.43. The number of anilines is 2. The number of fused-ring (bicyclic) bond motifs is 1. The van der Waals surface area contributed by atoms with Gasteiger partial charge in [0.1, 0.15) is 19.0 Å². The summed E-state index contributed by atoms with van der Waals surface area (Å²) in [5.74, 6) is -0.112. The Morgan fingerprint density at radius 2 is 1.73 bits per heavy atom. The number of likely N-dealkylation sites (N-methyl/N-ethyl adjacent to an activating group) is 1. The van der Waals surface area contributed by atoms with Gasteiger partial charge in [0.25, 0.3) is 5.91 Å². The molecule has 10 heteroatoms. The Morgan fingerprint density at radius 1 is 1.03 bits per heavy atom. The summed E-state index contributed by atoms with van der Waals surface area (Å²) in [6.07, 6.45) is -0.305. The van der Waals surface area contributed by atoms with E-state index in [2.05, 4.69) is 10.6 Å². The number of nitrogens with zero attached hydrogens (tertiary/aromatic N) is 2. The number of benzene rings is 2. The van der Waals surface area contributed by atoms with E-state index in [1.54, 1.807) is 54.3 Å². The number of hydrogen-bond donors (Lipinski definition) is 2. The molecule has 1 aliphatic rings. The lowest BCUT2D eigenvalue weighted by atomic mass is 10.0. The van der Waals surface area contributed by atoms with Crippen molar-refractivity contribution < 1.29 is 28.6 Å². The van der Waals surface area contributed by atoms with Crippen molar-refractivity contribution in [3.05, 3.63) is 54.1 Å². The maximum atomic E-state index is 13.5. The van der Waals surface area contributed by atoms with Crippen LogP contribution in [0.5, 0.6) is 5.75 Å². The molecule has 0 saturated heterocycles. The fourth-order valence-corrected chi connectivity index (χ4v) is 4.22. The van der Waals surface area contributed by atoms with E-state index in [0.29, 0.717) is 35.8 Å². The van der Waals surface area contributed by atoms with Gasteiger partial charge in [-0.1, -0.05) is 25.1 Å². The average molecular weight is 513 g/mol. The molecule has 3 rings (SSSR count). The molecule has 0 aromatic heterocycles. The molecule has 0 aliphatic carbocycles. The Bertz CT molecular complexity index is 1080. The molecule has 1 aliphatic heterocycles. The molecule has 2 aromatic carbocycles. The lowest BCUT2D eigenvalue weighted by molar-refractivity contribution is -0.139. The Balaban J connectivity index is 1.88. The van der Waals surface area contributed by atoms with Crippen molar-refractivity contribution in [2.75, 3.05) is 58.2 Å². The molecule has 10 nitrogen and oxygen atoms in total. The SMILES string of the molecule is COCC(=O)N1C[C@H](C)[C@@H](OC)CN(C)C(=O)c2cc(NC(=O)Nc3ccccc3)ccc2OC[C@@H]1C. The summed E-state index contributed by atoms with van der Waals surface area (Å²) in [4.78, 5) is 42.1. The zero-order chi connectivity index (χ0) is 26.9. The number of rotatable bonds is 5. The van der Waals surface area contributed by atoms with Gasteiger partial charge in [0.2, 0.25) is 5.91 Å². The quantitative estimate of drug-likeness (QED) is 0.636. The van der Waals surface area contributed by atoms with Gasteiger partial charge in [0.15, 0.2) is 0 Å². The van der Waals surface area contributed by atoms with E-state index in [-0.39, 0.29) is 43.1 Å². The molecule has 37 heavy (non-hydrogen) atoms. The molecule has 1 heterocycles. The van der Waals surface area contributed by atoms with Crippen molar-refractivity contribution >= 4 is 29.2 Å². The van der Waals surface area contributed by atoms with Crippen molar-refractivity contribution in [3.63, 3.8) is 0 Å². The van der Waals surface area contributed by atoms with E-state index in [1.807, 2.05) is 32.0 Å². The van der Waals surface area contributed by atoms with Gasteiger partial charge in [-0.2, -0.15) is 0 Å². The van der Waals surface area contributed by atoms with Gasteiger partial charge >= 0.3 is 6.03 Å². The van der Waals surface area contributed by atoms with E-state index < -0.39 is 6.03 Å². The number of nitrogens with one attached hydrogen (secondary N) is 2. The second-order valence-electron chi connectivity index (χ2n) is 9.23. The first-order valence-corrected chi connectivity index (χ1v) is 12.2. The average Bonchev–Trinajstić information content (AvgIpc) is 2.88. The first-order chi connectivity index (χ1) is 17.7. The van der Waals surface area contributed by atoms with E-state index in [1.165, 1.54) is 7.11 Å². The molecule has 200 valence electrons. The summed E-state index contributed by atoms with van der Waals surface area (Å²) in [5.41, 5.74) is 1.38.